The second-order valence-corrected chi connectivity index (χ2v) is 5.91. The number of hydrogen-bond acceptors (Lipinski definition) is 5. The van der Waals surface area contributed by atoms with Crippen LogP contribution in [0.1, 0.15) is 27.3 Å². The summed E-state index contributed by atoms with van der Waals surface area (Å²) in [6.07, 6.45) is 0. The molecule has 0 bridgehead atoms. The summed E-state index contributed by atoms with van der Waals surface area (Å²) >= 11 is 0. The van der Waals surface area contributed by atoms with Crippen LogP contribution in [0.2, 0.25) is 0 Å². The van der Waals surface area contributed by atoms with Gasteiger partial charge in [0.2, 0.25) is 0 Å². The molecule has 0 saturated heterocycles. The fourth-order valence-electron chi connectivity index (χ4n) is 2.75. The summed E-state index contributed by atoms with van der Waals surface area (Å²) in [7, 11) is 0. The second kappa shape index (κ2) is 8.19. The molecule has 0 spiro atoms. The third-order valence-electron chi connectivity index (χ3n) is 4.06. The van der Waals surface area contributed by atoms with E-state index in [0.29, 0.717) is 22.6 Å². The van der Waals surface area contributed by atoms with Crippen molar-refractivity contribution in [1.82, 2.24) is 9.78 Å². The van der Waals surface area contributed by atoms with Gasteiger partial charge in [-0.3, -0.25) is 0 Å². The standard InChI is InChI=1S/C21H19N3O3/c1-15-20(16(2)24(23-15)18-6-4-3-5-7-18)21(25)27-13-12-26-19-10-8-17(14-22)9-11-19/h3-11H,12-13H2,1-2H3. The van der Waals surface area contributed by atoms with Crippen LogP contribution in [0.3, 0.4) is 0 Å². The number of ether oxygens (including phenoxy) is 2. The SMILES string of the molecule is Cc1nn(-c2ccccc2)c(C)c1C(=O)OCCOc1ccc(C#N)cc1. The Hall–Kier alpha value is -3.59. The number of esters is 1. The predicted molar refractivity (Wildman–Crippen MR) is 100.0 cm³/mol. The number of carbonyl (C=O) groups is 1. The average Bonchev–Trinajstić information content (AvgIpc) is 3.00. The molecule has 0 saturated carbocycles. The molecule has 0 aliphatic rings. The van der Waals surface area contributed by atoms with Crippen LogP contribution in [0.15, 0.2) is 54.6 Å². The lowest BCUT2D eigenvalue weighted by molar-refractivity contribution is 0.0448. The zero-order chi connectivity index (χ0) is 19.2. The van der Waals surface area contributed by atoms with Gasteiger partial charge in [-0.1, -0.05) is 18.2 Å². The van der Waals surface area contributed by atoms with Crippen LogP contribution in [0, 0.1) is 25.2 Å². The van der Waals surface area contributed by atoms with E-state index in [-0.39, 0.29) is 13.2 Å². The Labute approximate surface area is 157 Å². The molecule has 3 rings (SSSR count). The van der Waals surface area contributed by atoms with Gasteiger partial charge in [-0.25, -0.2) is 9.48 Å². The molecule has 6 heteroatoms. The van der Waals surface area contributed by atoms with E-state index in [1.165, 1.54) is 0 Å². The smallest absolute Gasteiger partial charge is 0.342 e. The molecule has 136 valence electrons. The first-order valence-electron chi connectivity index (χ1n) is 8.52. The predicted octanol–water partition coefficient (Wildman–Crippen LogP) is 3.60. The molecule has 0 radical (unpaired) electrons. The van der Waals surface area contributed by atoms with Crippen molar-refractivity contribution in [2.75, 3.05) is 13.2 Å². The van der Waals surface area contributed by atoms with Gasteiger partial charge in [0.05, 0.1) is 28.7 Å². The number of hydrogen-bond donors (Lipinski definition) is 0. The Morgan fingerprint density at radius 3 is 2.44 bits per heavy atom. The highest BCUT2D eigenvalue weighted by Gasteiger charge is 2.20. The van der Waals surface area contributed by atoms with Crippen molar-refractivity contribution in [3.8, 4) is 17.5 Å². The highest BCUT2D eigenvalue weighted by molar-refractivity contribution is 5.92. The molecule has 0 aliphatic heterocycles. The van der Waals surface area contributed by atoms with Gasteiger partial charge in [0.25, 0.3) is 0 Å². The minimum Gasteiger partial charge on any atom is -0.490 e. The molecule has 2 aromatic carbocycles. The maximum absolute atomic E-state index is 12.5. The molecule has 0 unspecified atom stereocenters. The summed E-state index contributed by atoms with van der Waals surface area (Å²) in [4.78, 5) is 12.5. The highest BCUT2D eigenvalue weighted by atomic mass is 16.6. The van der Waals surface area contributed by atoms with Crippen molar-refractivity contribution in [1.29, 1.82) is 5.26 Å². The minimum atomic E-state index is -0.421. The van der Waals surface area contributed by atoms with Crippen LogP contribution in [0.5, 0.6) is 5.75 Å². The van der Waals surface area contributed by atoms with Gasteiger partial charge in [0, 0.05) is 0 Å². The summed E-state index contributed by atoms with van der Waals surface area (Å²) in [5.74, 6) is 0.199. The Kier molecular flexibility index (Phi) is 5.53. The zero-order valence-electron chi connectivity index (χ0n) is 15.2. The van der Waals surface area contributed by atoms with Crippen LogP contribution in [-0.4, -0.2) is 29.0 Å². The van der Waals surface area contributed by atoms with Gasteiger partial charge in [0.1, 0.15) is 24.5 Å². The molecular weight excluding hydrogens is 342 g/mol. The molecule has 0 aliphatic carbocycles. The summed E-state index contributed by atoms with van der Waals surface area (Å²) in [5.41, 5.74) is 3.28. The number of aryl methyl sites for hydroxylation is 1. The maximum atomic E-state index is 12.5. The fraction of sp³-hybridized carbons (Fsp3) is 0.190. The summed E-state index contributed by atoms with van der Waals surface area (Å²) < 4.78 is 12.6. The normalized spacial score (nSPS) is 10.3. The quantitative estimate of drug-likeness (QED) is 0.495. The molecule has 0 fully saturated rings. The first kappa shape index (κ1) is 18.2. The van der Waals surface area contributed by atoms with E-state index in [2.05, 4.69) is 5.10 Å². The summed E-state index contributed by atoms with van der Waals surface area (Å²) in [6, 6.07) is 18.4. The Bertz CT molecular complexity index is 970. The lowest BCUT2D eigenvalue weighted by Crippen LogP contribution is -2.14. The van der Waals surface area contributed by atoms with Gasteiger partial charge in [-0.05, 0) is 50.2 Å². The summed E-state index contributed by atoms with van der Waals surface area (Å²) in [5, 5.41) is 13.2. The Morgan fingerprint density at radius 1 is 1.07 bits per heavy atom. The van der Waals surface area contributed by atoms with E-state index in [4.69, 9.17) is 14.7 Å². The van der Waals surface area contributed by atoms with Gasteiger partial charge < -0.3 is 9.47 Å². The van der Waals surface area contributed by atoms with E-state index in [9.17, 15) is 4.79 Å². The van der Waals surface area contributed by atoms with Crippen LogP contribution < -0.4 is 4.74 Å². The molecule has 0 atom stereocenters. The van der Waals surface area contributed by atoms with E-state index in [1.54, 1.807) is 35.9 Å². The molecular formula is C21H19N3O3. The lowest BCUT2D eigenvalue weighted by atomic mass is 10.2. The molecule has 27 heavy (non-hydrogen) atoms. The van der Waals surface area contributed by atoms with Crippen molar-refractivity contribution in [2.24, 2.45) is 0 Å². The first-order valence-corrected chi connectivity index (χ1v) is 8.52. The second-order valence-electron chi connectivity index (χ2n) is 5.91. The van der Waals surface area contributed by atoms with E-state index in [0.717, 1.165) is 11.4 Å². The minimum absolute atomic E-state index is 0.119. The first-order chi connectivity index (χ1) is 13.1. The average molecular weight is 361 g/mol. The van der Waals surface area contributed by atoms with Gasteiger partial charge in [-0.2, -0.15) is 10.4 Å². The van der Waals surface area contributed by atoms with Crippen LogP contribution >= 0.6 is 0 Å². The van der Waals surface area contributed by atoms with Crippen LogP contribution in [-0.2, 0) is 4.74 Å². The third-order valence-corrected chi connectivity index (χ3v) is 4.06. The lowest BCUT2D eigenvalue weighted by Gasteiger charge is -2.08. The Morgan fingerprint density at radius 2 is 1.78 bits per heavy atom. The van der Waals surface area contributed by atoms with Crippen molar-refractivity contribution >= 4 is 5.97 Å². The molecule has 1 heterocycles. The van der Waals surface area contributed by atoms with Crippen molar-refractivity contribution in [2.45, 2.75) is 13.8 Å². The molecule has 0 amide bonds. The monoisotopic (exact) mass is 361 g/mol. The molecule has 0 N–H and O–H groups in total. The van der Waals surface area contributed by atoms with E-state index < -0.39 is 5.97 Å². The number of nitriles is 1. The largest absolute Gasteiger partial charge is 0.490 e. The number of aromatic nitrogens is 2. The molecule has 6 nitrogen and oxygen atoms in total. The van der Waals surface area contributed by atoms with Crippen LogP contribution in [0.25, 0.3) is 5.69 Å². The zero-order valence-corrected chi connectivity index (χ0v) is 15.2. The number of carbonyl (C=O) groups excluding carboxylic acids is 1. The maximum Gasteiger partial charge on any atom is 0.342 e. The van der Waals surface area contributed by atoms with Crippen molar-refractivity contribution in [3.63, 3.8) is 0 Å². The van der Waals surface area contributed by atoms with E-state index >= 15 is 0 Å². The van der Waals surface area contributed by atoms with Crippen LogP contribution in [0.4, 0.5) is 0 Å². The van der Waals surface area contributed by atoms with Gasteiger partial charge in [-0.15, -0.1) is 0 Å². The van der Waals surface area contributed by atoms with Crippen molar-refractivity contribution < 1.29 is 14.3 Å². The van der Waals surface area contributed by atoms with Crippen molar-refractivity contribution in [3.05, 3.63) is 77.1 Å². The molecule has 1 aromatic heterocycles. The molecule has 3 aromatic rings. The number of rotatable bonds is 6. The Balaban J connectivity index is 1.60. The number of nitrogens with zero attached hydrogens (tertiary/aromatic N) is 3. The number of para-hydroxylation sites is 1. The van der Waals surface area contributed by atoms with Gasteiger partial charge >= 0.3 is 5.97 Å². The van der Waals surface area contributed by atoms with E-state index in [1.807, 2.05) is 43.3 Å². The third kappa shape index (κ3) is 4.15. The summed E-state index contributed by atoms with van der Waals surface area (Å²) in [6.45, 7) is 3.98. The topological polar surface area (TPSA) is 77.1 Å². The fourth-order valence-corrected chi connectivity index (χ4v) is 2.75. The highest BCUT2D eigenvalue weighted by Crippen LogP contribution is 2.19. The van der Waals surface area contributed by atoms with Gasteiger partial charge in [0.15, 0.2) is 0 Å². The number of benzene rings is 2.